The molecule has 8 heteroatoms. The van der Waals surface area contributed by atoms with E-state index in [1.807, 2.05) is 18.2 Å². The lowest BCUT2D eigenvalue weighted by Crippen LogP contribution is -2.48. The topological polar surface area (TPSA) is 103 Å². The molecule has 0 amide bonds. The second-order valence-electron chi connectivity index (χ2n) is 9.36. The zero-order valence-corrected chi connectivity index (χ0v) is 20.9. The Balaban J connectivity index is 1.41. The van der Waals surface area contributed by atoms with Crippen LogP contribution in [0.2, 0.25) is 0 Å². The second-order valence-corrected chi connectivity index (χ2v) is 9.36. The normalized spacial score (nSPS) is 14.5. The second kappa shape index (κ2) is 10.0. The molecule has 0 aliphatic carbocycles. The van der Waals surface area contributed by atoms with E-state index in [0.29, 0.717) is 17.5 Å². The van der Waals surface area contributed by atoms with Crippen LogP contribution >= 0.6 is 0 Å². The van der Waals surface area contributed by atoms with Crippen LogP contribution in [0.15, 0.2) is 60.8 Å². The molecule has 1 aliphatic rings. The van der Waals surface area contributed by atoms with Crippen molar-refractivity contribution in [1.82, 2.24) is 14.9 Å². The Bertz CT molecular complexity index is 1360. The molecular formula is C28H32N6O2. The summed E-state index contributed by atoms with van der Waals surface area (Å²) in [5, 5.41) is 0.987. The molecule has 8 nitrogen and oxygen atoms in total. The first-order chi connectivity index (χ1) is 17.4. The summed E-state index contributed by atoms with van der Waals surface area (Å²) in [5.74, 6) is 0.754. The standard InChI is InChI=1S/C28H32N6O2/c1-18(2)33-10-12-34(13-11-33)23-7-4-19(5-8-23)24-15-21-14-20(6-9-26(21)32-27(24)30)22-16-25(29)28(31-17-22)36-35-3/h4-9,14-18H,10-13,29H2,1-3H3,(H2,30,32). The quantitative estimate of drug-likeness (QED) is 0.302. The van der Waals surface area contributed by atoms with Crippen molar-refractivity contribution in [2.24, 2.45) is 0 Å². The fourth-order valence-corrected chi connectivity index (χ4v) is 4.73. The van der Waals surface area contributed by atoms with Crippen molar-refractivity contribution in [3.8, 4) is 28.1 Å². The monoisotopic (exact) mass is 484 g/mol. The van der Waals surface area contributed by atoms with E-state index >= 15 is 0 Å². The van der Waals surface area contributed by atoms with Crippen molar-refractivity contribution in [2.45, 2.75) is 19.9 Å². The van der Waals surface area contributed by atoms with Gasteiger partial charge in [-0.3, -0.25) is 4.90 Å². The minimum Gasteiger partial charge on any atom is -0.394 e. The zero-order chi connectivity index (χ0) is 25.2. The van der Waals surface area contributed by atoms with Gasteiger partial charge in [0, 0.05) is 60.6 Å². The van der Waals surface area contributed by atoms with Crippen molar-refractivity contribution >= 4 is 28.1 Å². The van der Waals surface area contributed by atoms with E-state index in [2.05, 4.69) is 74.9 Å². The van der Waals surface area contributed by atoms with Crippen LogP contribution in [0, 0.1) is 0 Å². The van der Waals surface area contributed by atoms with E-state index in [0.717, 1.165) is 59.3 Å². The number of piperazine rings is 1. The summed E-state index contributed by atoms with van der Waals surface area (Å²) in [6, 6.07) is 19.1. The lowest BCUT2D eigenvalue weighted by atomic mass is 10.0. The molecule has 4 N–H and O–H groups in total. The number of aromatic nitrogens is 2. The molecule has 2 aromatic carbocycles. The Morgan fingerprint density at radius 3 is 2.25 bits per heavy atom. The predicted octanol–water partition coefficient (Wildman–Crippen LogP) is 4.60. The first-order valence-electron chi connectivity index (χ1n) is 12.2. The van der Waals surface area contributed by atoms with Gasteiger partial charge in [-0.05, 0) is 61.4 Å². The highest BCUT2D eigenvalue weighted by molar-refractivity contribution is 5.91. The van der Waals surface area contributed by atoms with Gasteiger partial charge >= 0.3 is 0 Å². The largest absolute Gasteiger partial charge is 0.394 e. The third-order valence-electron chi connectivity index (χ3n) is 6.81. The molecule has 0 bridgehead atoms. The third-order valence-corrected chi connectivity index (χ3v) is 6.81. The number of nitrogens with two attached hydrogens (primary N) is 2. The summed E-state index contributed by atoms with van der Waals surface area (Å²) in [6.07, 6.45) is 1.71. The molecule has 1 aliphatic heterocycles. The smallest absolute Gasteiger partial charge is 0.279 e. The van der Waals surface area contributed by atoms with E-state index in [1.54, 1.807) is 6.20 Å². The van der Waals surface area contributed by atoms with Crippen LogP contribution < -0.4 is 21.3 Å². The highest BCUT2D eigenvalue weighted by atomic mass is 17.2. The highest BCUT2D eigenvalue weighted by Crippen LogP contribution is 2.33. The summed E-state index contributed by atoms with van der Waals surface area (Å²) in [7, 11) is 1.41. The molecule has 186 valence electrons. The van der Waals surface area contributed by atoms with Gasteiger partial charge in [-0.1, -0.05) is 18.2 Å². The Morgan fingerprint density at radius 1 is 0.861 bits per heavy atom. The van der Waals surface area contributed by atoms with Crippen LogP contribution in [-0.2, 0) is 4.89 Å². The molecule has 4 aromatic rings. The van der Waals surface area contributed by atoms with Crippen LogP contribution in [0.1, 0.15) is 13.8 Å². The lowest BCUT2D eigenvalue weighted by molar-refractivity contribution is -0.180. The fourth-order valence-electron chi connectivity index (χ4n) is 4.73. The molecule has 0 radical (unpaired) electrons. The van der Waals surface area contributed by atoms with E-state index in [1.165, 1.54) is 12.8 Å². The van der Waals surface area contributed by atoms with E-state index < -0.39 is 0 Å². The van der Waals surface area contributed by atoms with Gasteiger partial charge in [-0.25, -0.2) is 9.97 Å². The van der Waals surface area contributed by atoms with Gasteiger partial charge in [0.25, 0.3) is 5.88 Å². The number of anilines is 3. The number of hydrogen-bond acceptors (Lipinski definition) is 8. The molecule has 0 unspecified atom stereocenters. The average Bonchev–Trinajstić information content (AvgIpc) is 2.89. The first-order valence-corrected chi connectivity index (χ1v) is 12.2. The van der Waals surface area contributed by atoms with Gasteiger partial charge in [0.15, 0.2) is 0 Å². The number of fused-ring (bicyclic) bond motifs is 1. The Labute approximate surface area is 211 Å². The average molecular weight is 485 g/mol. The maximum atomic E-state index is 6.38. The van der Waals surface area contributed by atoms with Crippen LogP contribution in [0.4, 0.5) is 17.2 Å². The summed E-state index contributed by atoms with van der Waals surface area (Å²) < 4.78 is 0. The number of nitrogen functional groups attached to an aromatic ring is 2. The van der Waals surface area contributed by atoms with Gasteiger partial charge in [0.05, 0.1) is 18.3 Å². The molecule has 5 rings (SSSR count). The predicted molar refractivity (Wildman–Crippen MR) is 146 cm³/mol. The molecule has 0 spiro atoms. The Hall–Kier alpha value is -3.88. The SMILES string of the molecule is COOc1ncc(-c2ccc3nc(N)c(-c4ccc(N5CCN(C(C)C)CC5)cc4)cc3c2)cc1N. The Morgan fingerprint density at radius 2 is 1.58 bits per heavy atom. The maximum Gasteiger partial charge on any atom is 0.279 e. The number of benzene rings is 2. The van der Waals surface area contributed by atoms with Crippen molar-refractivity contribution in [3.63, 3.8) is 0 Å². The third kappa shape index (κ3) is 4.78. The van der Waals surface area contributed by atoms with Gasteiger partial charge in [-0.15, -0.1) is 0 Å². The fraction of sp³-hybridized carbons (Fsp3) is 0.286. The number of nitrogens with zero attached hydrogens (tertiary/aromatic N) is 4. The lowest BCUT2D eigenvalue weighted by Gasteiger charge is -2.38. The van der Waals surface area contributed by atoms with E-state index in [-0.39, 0.29) is 5.88 Å². The molecule has 36 heavy (non-hydrogen) atoms. The number of pyridine rings is 2. The van der Waals surface area contributed by atoms with Crippen LogP contribution in [-0.4, -0.2) is 54.2 Å². The van der Waals surface area contributed by atoms with Gasteiger partial charge < -0.3 is 21.3 Å². The maximum absolute atomic E-state index is 6.38. The van der Waals surface area contributed by atoms with Gasteiger partial charge in [0.2, 0.25) is 0 Å². The highest BCUT2D eigenvalue weighted by Gasteiger charge is 2.19. The van der Waals surface area contributed by atoms with Crippen molar-refractivity contribution in [1.29, 1.82) is 0 Å². The molecule has 2 aromatic heterocycles. The van der Waals surface area contributed by atoms with Crippen LogP contribution in [0.5, 0.6) is 5.88 Å². The van der Waals surface area contributed by atoms with Crippen molar-refractivity contribution in [2.75, 3.05) is 49.7 Å². The van der Waals surface area contributed by atoms with E-state index in [4.69, 9.17) is 16.4 Å². The number of hydrogen-bond donors (Lipinski definition) is 2. The van der Waals surface area contributed by atoms with E-state index in [9.17, 15) is 0 Å². The van der Waals surface area contributed by atoms with Gasteiger partial charge in [-0.2, -0.15) is 4.89 Å². The molecule has 0 saturated carbocycles. The van der Waals surface area contributed by atoms with Crippen LogP contribution in [0.25, 0.3) is 33.2 Å². The van der Waals surface area contributed by atoms with Crippen molar-refractivity contribution in [3.05, 3.63) is 60.8 Å². The van der Waals surface area contributed by atoms with Crippen molar-refractivity contribution < 1.29 is 9.78 Å². The minimum atomic E-state index is 0.240. The molecule has 1 fully saturated rings. The summed E-state index contributed by atoms with van der Waals surface area (Å²) in [6.45, 7) is 8.78. The molecule has 3 heterocycles. The molecular weight excluding hydrogens is 452 g/mol. The zero-order valence-electron chi connectivity index (χ0n) is 20.9. The molecule has 1 saturated heterocycles. The minimum absolute atomic E-state index is 0.240. The molecule has 0 atom stereocenters. The summed E-state index contributed by atoms with van der Waals surface area (Å²) in [5.41, 5.74) is 18.7. The van der Waals surface area contributed by atoms with Crippen LogP contribution in [0.3, 0.4) is 0 Å². The Kier molecular flexibility index (Phi) is 6.63. The summed E-state index contributed by atoms with van der Waals surface area (Å²) in [4.78, 5) is 23.5. The number of rotatable bonds is 6. The summed E-state index contributed by atoms with van der Waals surface area (Å²) >= 11 is 0. The van der Waals surface area contributed by atoms with Gasteiger partial charge in [0.1, 0.15) is 5.82 Å². The first kappa shape index (κ1) is 23.8.